The lowest BCUT2D eigenvalue weighted by atomic mass is 10.3. The summed E-state index contributed by atoms with van der Waals surface area (Å²) < 4.78 is 8.70. The van der Waals surface area contributed by atoms with Crippen LogP contribution in [0.5, 0.6) is 0 Å². The summed E-state index contributed by atoms with van der Waals surface area (Å²) in [5.74, 6) is -0.337. The molecule has 96 valence electrons. The molecule has 1 atom stereocenters. The number of hydrogen-bond acceptors (Lipinski definition) is 4. The summed E-state index contributed by atoms with van der Waals surface area (Å²) in [6.07, 6.45) is 7.34. The minimum absolute atomic E-state index is 0.151. The average molecular weight is 248 g/mol. The predicted octanol–water partition coefficient (Wildman–Crippen LogP) is 1.25. The minimum Gasteiger partial charge on any atom is -0.459 e. The first-order valence-corrected chi connectivity index (χ1v) is 5.82. The van der Waals surface area contributed by atoms with Crippen molar-refractivity contribution in [1.82, 2.24) is 19.6 Å². The van der Waals surface area contributed by atoms with E-state index in [0.29, 0.717) is 5.56 Å². The van der Waals surface area contributed by atoms with Crippen LogP contribution in [0.1, 0.15) is 23.7 Å². The molecule has 0 fully saturated rings. The van der Waals surface area contributed by atoms with E-state index >= 15 is 0 Å². The van der Waals surface area contributed by atoms with Crippen LogP contribution < -0.4 is 0 Å². The zero-order valence-corrected chi connectivity index (χ0v) is 10.5. The molecule has 2 aromatic rings. The quantitative estimate of drug-likeness (QED) is 0.747. The fraction of sp³-hybridized carbons (Fsp3) is 0.417. The molecule has 0 amide bonds. The Morgan fingerprint density at radius 2 is 2.33 bits per heavy atom. The van der Waals surface area contributed by atoms with E-state index in [-0.39, 0.29) is 12.1 Å². The van der Waals surface area contributed by atoms with Crippen molar-refractivity contribution in [2.24, 2.45) is 7.05 Å². The number of carbonyl (C=O) groups excluding carboxylic acids is 1. The minimum atomic E-state index is -0.337. The summed E-state index contributed by atoms with van der Waals surface area (Å²) in [5.41, 5.74) is 0.475. The fourth-order valence-corrected chi connectivity index (χ4v) is 1.58. The van der Waals surface area contributed by atoms with Crippen molar-refractivity contribution in [3.05, 3.63) is 36.4 Å². The van der Waals surface area contributed by atoms with Gasteiger partial charge in [-0.1, -0.05) is 0 Å². The van der Waals surface area contributed by atoms with Crippen LogP contribution in [0.15, 0.2) is 30.9 Å². The highest BCUT2D eigenvalue weighted by molar-refractivity contribution is 5.88. The standard InChI is InChI=1S/C12H16N4O2/c1-10(4-7-16-6-3-5-13-16)18-12(17)11-8-14-15(2)9-11/h3,5-6,8-10H,4,7H2,1-2H3/t10-/m1/s1. The molecule has 0 aromatic carbocycles. The number of hydrogen-bond donors (Lipinski definition) is 0. The lowest BCUT2D eigenvalue weighted by Gasteiger charge is -2.12. The molecule has 6 nitrogen and oxygen atoms in total. The molecule has 0 unspecified atom stereocenters. The number of nitrogens with zero attached hydrogens (tertiary/aromatic N) is 4. The molecule has 2 rings (SSSR count). The van der Waals surface area contributed by atoms with Crippen molar-refractivity contribution in [3.63, 3.8) is 0 Å². The number of aryl methyl sites for hydroxylation is 2. The van der Waals surface area contributed by atoms with Crippen molar-refractivity contribution in [2.75, 3.05) is 0 Å². The Kier molecular flexibility index (Phi) is 3.76. The monoisotopic (exact) mass is 248 g/mol. The van der Waals surface area contributed by atoms with Crippen LogP contribution in [0.3, 0.4) is 0 Å². The highest BCUT2D eigenvalue weighted by Gasteiger charge is 2.13. The van der Waals surface area contributed by atoms with E-state index in [2.05, 4.69) is 10.2 Å². The molecule has 2 heterocycles. The Bertz CT molecular complexity index is 504. The van der Waals surface area contributed by atoms with E-state index in [9.17, 15) is 4.79 Å². The zero-order chi connectivity index (χ0) is 13.0. The molecule has 0 aliphatic heterocycles. The molecule has 0 aliphatic carbocycles. The third-order valence-corrected chi connectivity index (χ3v) is 2.57. The van der Waals surface area contributed by atoms with Gasteiger partial charge in [-0.3, -0.25) is 9.36 Å². The van der Waals surface area contributed by atoms with Crippen LogP contribution in [0.4, 0.5) is 0 Å². The second-order valence-corrected chi connectivity index (χ2v) is 4.18. The van der Waals surface area contributed by atoms with Gasteiger partial charge in [-0.15, -0.1) is 0 Å². The average Bonchev–Trinajstić information content (AvgIpc) is 2.97. The van der Waals surface area contributed by atoms with Gasteiger partial charge in [-0.2, -0.15) is 10.2 Å². The Morgan fingerprint density at radius 3 is 2.94 bits per heavy atom. The lowest BCUT2D eigenvalue weighted by Crippen LogP contribution is -2.17. The van der Waals surface area contributed by atoms with Gasteiger partial charge in [0.05, 0.1) is 11.8 Å². The summed E-state index contributed by atoms with van der Waals surface area (Å²) in [6.45, 7) is 2.60. The van der Waals surface area contributed by atoms with Gasteiger partial charge in [0.2, 0.25) is 0 Å². The SMILES string of the molecule is C[C@H](CCn1cccn1)OC(=O)c1cnn(C)c1. The smallest absolute Gasteiger partial charge is 0.341 e. The number of carbonyl (C=O) groups is 1. The number of esters is 1. The van der Waals surface area contributed by atoms with Gasteiger partial charge in [-0.05, 0) is 13.0 Å². The molecule has 2 aromatic heterocycles. The first-order chi connectivity index (χ1) is 8.65. The second kappa shape index (κ2) is 5.48. The fourth-order valence-electron chi connectivity index (χ4n) is 1.58. The summed E-state index contributed by atoms with van der Waals surface area (Å²) in [6, 6.07) is 1.87. The van der Waals surface area contributed by atoms with Crippen LogP contribution in [0, 0.1) is 0 Å². The van der Waals surface area contributed by atoms with Crippen molar-refractivity contribution in [1.29, 1.82) is 0 Å². The predicted molar refractivity (Wildman–Crippen MR) is 64.9 cm³/mol. The largest absolute Gasteiger partial charge is 0.459 e. The maximum absolute atomic E-state index is 11.7. The summed E-state index contributed by atoms with van der Waals surface area (Å²) in [5, 5.41) is 8.03. The lowest BCUT2D eigenvalue weighted by molar-refractivity contribution is 0.0314. The van der Waals surface area contributed by atoms with Gasteiger partial charge in [0.1, 0.15) is 6.10 Å². The molecule has 0 N–H and O–H groups in total. The Morgan fingerprint density at radius 1 is 1.50 bits per heavy atom. The van der Waals surface area contributed by atoms with E-state index in [1.165, 1.54) is 6.20 Å². The maximum Gasteiger partial charge on any atom is 0.341 e. The normalized spacial score (nSPS) is 12.3. The Labute approximate surface area is 105 Å². The molecular formula is C12H16N4O2. The van der Waals surface area contributed by atoms with E-state index in [0.717, 1.165) is 13.0 Å². The molecule has 0 bridgehead atoms. The number of ether oxygens (including phenoxy) is 1. The van der Waals surface area contributed by atoms with Crippen molar-refractivity contribution in [3.8, 4) is 0 Å². The highest BCUT2D eigenvalue weighted by Crippen LogP contribution is 2.06. The molecule has 0 spiro atoms. The van der Waals surface area contributed by atoms with Gasteiger partial charge in [0, 0.05) is 38.6 Å². The first kappa shape index (κ1) is 12.3. The zero-order valence-electron chi connectivity index (χ0n) is 10.5. The number of rotatable bonds is 5. The van der Waals surface area contributed by atoms with Gasteiger partial charge >= 0.3 is 5.97 Å². The molecule has 0 radical (unpaired) electrons. The Hall–Kier alpha value is -2.11. The van der Waals surface area contributed by atoms with Gasteiger partial charge in [0.25, 0.3) is 0 Å². The third kappa shape index (κ3) is 3.19. The van der Waals surface area contributed by atoms with Crippen LogP contribution in [0.2, 0.25) is 0 Å². The van der Waals surface area contributed by atoms with Crippen molar-refractivity contribution < 1.29 is 9.53 Å². The van der Waals surface area contributed by atoms with E-state index in [1.54, 1.807) is 24.1 Å². The van der Waals surface area contributed by atoms with Gasteiger partial charge < -0.3 is 4.74 Å². The van der Waals surface area contributed by atoms with E-state index < -0.39 is 0 Å². The molecule has 0 saturated heterocycles. The molecule has 0 saturated carbocycles. The molecule has 6 heteroatoms. The van der Waals surface area contributed by atoms with Crippen molar-refractivity contribution >= 4 is 5.97 Å². The topological polar surface area (TPSA) is 61.9 Å². The van der Waals surface area contributed by atoms with E-state index in [1.807, 2.05) is 23.9 Å². The van der Waals surface area contributed by atoms with Crippen LogP contribution in [0.25, 0.3) is 0 Å². The highest BCUT2D eigenvalue weighted by atomic mass is 16.5. The molecular weight excluding hydrogens is 232 g/mol. The van der Waals surface area contributed by atoms with Gasteiger partial charge in [0.15, 0.2) is 0 Å². The molecule has 18 heavy (non-hydrogen) atoms. The number of aromatic nitrogens is 4. The van der Waals surface area contributed by atoms with Crippen LogP contribution in [-0.2, 0) is 18.3 Å². The second-order valence-electron chi connectivity index (χ2n) is 4.18. The Balaban J connectivity index is 1.80. The third-order valence-electron chi connectivity index (χ3n) is 2.57. The summed E-state index contributed by atoms with van der Waals surface area (Å²) in [4.78, 5) is 11.7. The van der Waals surface area contributed by atoms with Crippen LogP contribution in [-0.4, -0.2) is 31.6 Å². The van der Waals surface area contributed by atoms with E-state index in [4.69, 9.17) is 4.74 Å². The summed E-state index contributed by atoms with van der Waals surface area (Å²) >= 11 is 0. The first-order valence-electron chi connectivity index (χ1n) is 5.82. The molecule has 0 aliphatic rings. The van der Waals surface area contributed by atoms with Crippen LogP contribution >= 0.6 is 0 Å². The van der Waals surface area contributed by atoms with Gasteiger partial charge in [-0.25, -0.2) is 4.79 Å². The van der Waals surface area contributed by atoms with Crippen molar-refractivity contribution in [2.45, 2.75) is 26.0 Å². The summed E-state index contributed by atoms with van der Waals surface area (Å²) in [7, 11) is 1.76. The maximum atomic E-state index is 11.7.